The summed E-state index contributed by atoms with van der Waals surface area (Å²) in [5.41, 5.74) is 15.0. The average molecular weight is 751 g/mol. The van der Waals surface area contributed by atoms with Gasteiger partial charge in [-0.2, -0.15) is 0 Å². The van der Waals surface area contributed by atoms with Gasteiger partial charge >= 0.3 is 0 Å². The molecule has 0 saturated heterocycles. The van der Waals surface area contributed by atoms with Gasteiger partial charge in [0.15, 0.2) is 17.5 Å². The van der Waals surface area contributed by atoms with Gasteiger partial charge in [0.25, 0.3) is 0 Å². The van der Waals surface area contributed by atoms with Gasteiger partial charge in [0.1, 0.15) is 6.33 Å². The molecule has 8 heteroatoms. The van der Waals surface area contributed by atoms with Crippen molar-refractivity contribution in [3.63, 3.8) is 0 Å². The SMILES string of the molecule is c1cc(-c2cc(-c3ccc4c(c3)C3(c5ccc(-c6ccncn6)cc5-4)C4CC5CC(C4)CC3C5)cc(-c3nc(-c4ccncc4)nc(-c4ccncc4)n3)c2)ccn1. The normalized spacial score (nSPS) is 22.2. The number of fused-ring (bicyclic) bond motifs is 3. The molecule has 5 heterocycles. The number of hydrogen-bond donors (Lipinski definition) is 0. The first kappa shape index (κ1) is 33.4. The van der Waals surface area contributed by atoms with Crippen molar-refractivity contribution in [2.75, 3.05) is 0 Å². The molecule has 5 aliphatic rings. The topological polar surface area (TPSA) is 103 Å². The van der Waals surface area contributed by atoms with Crippen LogP contribution in [0.1, 0.15) is 43.2 Å². The van der Waals surface area contributed by atoms with Crippen LogP contribution in [0.5, 0.6) is 0 Å². The molecule has 4 fully saturated rings. The molecule has 8 aromatic rings. The molecule has 5 aliphatic carbocycles. The van der Waals surface area contributed by atoms with E-state index in [9.17, 15) is 0 Å². The fraction of sp³-hybridized carbons (Fsp3) is 0.200. The van der Waals surface area contributed by atoms with Gasteiger partial charge in [-0.05, 0) is 173 Å². The minimum absolute atomic E-state index is 0.0108. The Kier molecular flexibility index (Phi) is 7.55. The maximum atomic E-state index is 5.12. The second-order valence-corrected chi connectivity index (χ2v) is 16.6. The quantitative estimate of drug-likeness (QED) is 0.165. The summed E-state index contributed by atoms with van der Waals surface area (Å²) in [5, 5.41) is 0. The zero-order chi connectivity index (χ0) is 38.2. The fourth-order valence-electron chi connectivity index (χ4n) is 11.4. The van der Waals surface area contributed by atoms with E-state index >= 15 is 0 Å². The molecule has 278 valence electrons. The van der Waals surface area contributed by atoms with E-state index in [4.69, 9.17) is 15.0 Å². The van der Waals surface area contributed by atoms with Crippen LogP contribution < -0.4 is 0 Å². The highest BCUT2D eigenvalue weighted by Gasteiger charge is 2.61. The first-order valence-corrected chi connectivity index (χ1v) is 20.4. The van der Waals surface area contributed by atoms with E-state index in [-0.39, 0.29) is 5.41 Å². The summed E-state index contributed by atoms with van der Waals surface area (Å²) < 4.78 is 0. The highest BCUT2D eigenvalue weighted by atomic mass is 15.0. The number of hydrogen-bond acceptors (Lipinski definition) is 8. The number of pyridine rings is 3. The molecule has 0 unspecified atom stereocenters. The van der Waals surface area contributed by atoms with Crippen molar-refractivity contribution in [1.29, 1.82) is 0 Å². The molecule has 1 spiro atoms. The Balaban J connectivity index is 1.06. The van der Waals surface area contributed by atoms with Gasteiger partial charge in [-0.25, -0.2) is 24.9 Å². The summed E-state index contributed by atoms with van der Waals surface area (Å²) in [5.74, 6) is 4.80. The van der Waals surface area contributed by atoms with Crippen LogP contribution in [0.15, 0.2) is 147 Å². The molecule has 0 atom stereocenters. The molecule has 0 radical (unpaired) electrons. The lowest BCUT2D eigenvalue weighted by molar-refractivity contribution is -0.0399. The van der Waals surface area contributed by atoms with Crippen LogP contribution >= 0.6 is 0 Å². The molecule has 58 heavy (non-hydrogen) atoms. The maximum absolute atomic E-state index is 5.12. The number of nitrogens with zero attached hydrogens (tertiary/aromatic N) is 8. The second kappa shape index (κ2) is 13.1. The van der Waals surface area contributed by atoms with Gasteiger partial charge < -0.3 is 0 Å². The van der Waals surface area contributed by atoms with Crippen LogP contribution in [0.4, 0.5) is 0 Å². The zero-order valence-corrected chi connectivity index (χ0v) is 31.8. The molecule has 0 amide bonds. The third kappa shape index (κ3) is 5.28. The lowest BCUT2D eigenvalue weighted by atomic mass is 9.43. The van der Waals surface area contributed by atoms with Crippen LogP contribution in [0.3, 0.4) is 0 Å². The first-order chi connectivity index (χ1) is 28.7. The van der Waals surface area contributed by atoms with Crippen molar-refractivity contribution in [3.05, 3.63) is 158 Å². The second-order valence-electron chi connectivity index (χ2n) is 16.6. The Morgan fingerprint density at radius 1 is 0.379 bits per heavy atom. The smallest absolute Gasteiger partial charge is 0.164 e. The number of benzene rings is 3. The van der Waals surface area contributed by atoms with Crippen molar-refractivity contribution in [2.45, 2.75) is 37.5 Å². The Morgan fingerprint density at radius 3 is 1.52 bits per heavy atom. The molecule has 8 nitrogen and oxygen atoms in total. The molecule has 0 N–H and O–H groups in total. The molecule has 4 bridgehead atoms. The summed E-state index contributed by atoms with van der Waals surface area (Å²) in [4.78, 5) is 36.8. The molecular weight excluding hydrogens is 713 g/mol. The minimum Gasteiger partial charge on any atom is -0.265 e. The van der Waals surface area contributed by atoms with E-state index in [1.54, 1.807) is 31.1 Å². The van der Waals surface area contributed by atoms with Gasteiger partial charge in [-0.3, -0.25) is 15.0 Å². The third-order valence-corrected chi connectivity index (χ3v) is 13.6. The van der Waals surface area contributed by atoms with E-state index in [1.807, 2.05) is 48.9 Å². The van der Waals surface area contributed by atoms with Crippen LogP contribution in [0.2, 0.25) is 0 Å². The third-order valence-electron chi connectivity index (χ3n) is 13.6. The molecule has 13 rings (SSSR count). The van der Waals surface area contributed by atoms with E-state index < -0.39 is 0 Å². The monoisotopic (exact) mass is 750 g/mol. The molecule has 5 aromatic heterocycles. The maximum Gasteiger partial charge on any atom is 0.164 e. The minimum atomic E-state index is 0.0108. The van der Waals surface area contributed by atoms with Crippen molar-refractivity contribution in [3.8, 4) is 78.8 Å². The van der Waals surface area contributed by atoms with Gasteiger partial charge in [0.05, 0.1) is 5.69 Å². The van der Waals surface area contributed by atoms with Gasteiger partial charge in [0, 0.05) is 71.0 Å². The van der Waals surface area contributed by atoms with E-state index in [0.717, 1.165) is 56.5 Å². The highest BCUT2D eigenvalue weighted by Crippen LogP contribution is 2.69. The Labute approximate surface area is 336 Å². The Morgan fingerprint density at radius 2 is 0.914 bits per heavy atom. The lowest BCUT2D eigenvalue weighted by Gasteiger charge is -2.61. The van der Waals surface area contributed by atoms with Crippen molar-refractivity contribution in [2.24, 2.45) is 23.7 Å². The van der Waals surface area contributed by atoms with Crippen LogP contribution in [-0.4, -0.2) is 39.9 Å². The van der Waals surface area contributed by atoms with Crippen LogP contribution in [0.25, 0.3) is 78.8 Å². The van der Waals surface area contributed by atoms with Crippen molar-refractivity contribution >= 4 is 0 Å². The van der Waals surface area contributed by atoms with Gasteiger partial charge in [-0.15, -0.1) is 0 Å². The Bertz CT molecular complexity index is 2760. The Hall–Kier alpha value is -6.80. The summed E-state index contributed by atoms with van der Waals surface area (Å²) >= 11 is 0. The molecular formula is C50H38N8. The van der Waals surface area contributed by atoms with Crippen LogP contribution in [0, 0.1) is 23.7 Å². The van der Waals surface area contributed by atoms with E-state index in [2.05, 4.69) is 91.6 Å². The summed E-state index contributed by atoms with van der Waals surface area (Å²) in [6, 6.07) is 35.1. The predicted molar refractivity (Wildman–Crippen MR) is 225 cm³/mol. The summed E-state index contributed by atoms with van der Waals surface area (Å²) in [7, 11) is 0. The van der Waals surface area contributed by atoms with E-state index in [0.29, 0.717) is 29.3 Å². The van der Waals surface area contributed by atoms with Crippen LogP contribution in [-0.2, 0) is 5.41 Å². The number of rotatable bonds is 6. The molecule has 0 aliphatic heterocycles. The van der Waals surface area contributed by atoms with Crippen molar-refractivity contribution < 1.29 is 0 Å². The molecule has 4 saturated carbocycles. The predicted octanol–water partition coefficient (Wildman–Crippen LogP) is 10.6. The summed E-state index contributed by atoms with van der Waals surface area (Å²) in [6.45, 7) is 0. The lowest BCUT2D eigenvalue weighted by Crippen LogP contribution is -2.55. The average Bonchev–Trinajstić information content (AvgIpc) is 3.58. The number of aromatic nitrogens is 8. The van der Waals surface area contributed by atoms with E-state index in [1.165, 1.54) is 59.9 Å². The standard InChI is InChI=1S/C50H38N8/c1-3-42-43-27-36(46-11-18-54-29-55-46)2-4-44(43)50(40-20-30-19-31(22-40)23-41(50)21-30)45(42)28-35(1)38-24-37(32-5-12-51-13-6-32)25-39(26-38)49-57-47(33-7-14-52-15-8-33)56-48(58-49)34-9-16-53-17-10-34/h1-18,24-31,40-41H,19-23H2. The van der Waals surface area contributed by atoms with Gasteiger partial charge in [-0.1, -0.05) is 24.3 Å². The summed E-state index contributed by atoms with van der Waals surface area (Å²) in [6.07, 6.45) is 21.0. The van der Waals surface area contributed by atoms with Crippen molar-refractivity contribution in [1.82, 2.24) is 39.9 Å². The largest absolute Gasteiger partial charge is 0.265 e. The zero-order valence-electron chi connectivity index (χ0n) is 31.8. The molecule has 3 aromatic carbocycles. The highest BCUT2D eigenvalue weighted by molar-refractivity contribution is 5.88. The first-order valence-electron chi connectivity index (χ1n) is 20.4. The fourth-order valence-corrected chi connectivity index (χ4v) is 11.4. The van der Waals surface area contributed by atoms with Gasteiger partial charge in [0.2, 0.25) is 0 Å².